The van der Waals surface area contributed by atoms with Crippen LogP contribution < -0.4 is 0 Å². The molecule has 2 rings (SSSR count). The van der Waals surface area contributed by atoms with E-state index in [9.17, 15) is 19.1 Å². The molecule has 1 aliphatic heterocycles. The van der Waals surface area contributed by atoms with Crippen molar-refractivity contribution < 1.29 is 24.2 Å². The van der Waals surface area contributed by atoms with Gasteiger partial charge in [0.1, 0.15) is 5.82 Å². The molecular formula is C14H16FNO4. The van der Waals surface area contributed by atoms with Crippen LogP contribution in [0.15, 0.2) is 24.3 Å². The van der Waals surface area contributed by atoms with Gasteiger partial charge in [-0.3, -0.25) is 9.59 Å². The molecule has 1 aromatic carbocycles. The summed E-state index contributed by atoms with van der Waals surface area (Å²) in [5, 5.41) is 17.9. The Balaban J connectivity index is 2.13. The van der Waals surface area contributed by atoms with Gasteiger partial charge in [-0.25, -0.2) is 4.39 Å². The normalized spacial score (nSPS) is 22.9. The molecule has 0 amide bonds. The Labute approximate surface area is 115 Å². The van der Waals surface area contributed by atoms with E-state index in [2.05, 4.69) is 0 Å². The summed E-state index contributed by atoms with van der Waals surface area (Å²) in [5.74, 6) is -3.18. The van der Waals surface area contributed by atoms with Crippen LogP contribution in [0.25, 0.3) is 0 Å². The van der Waals surface area contributed by atoms with E-state index >= 15 is 0 Å². The second-order valence-corrected chi connectivity index (χ2v) is 5.01. The quantitative estimate of drug-likeness (QED) is 0.853. The monoisotopic (exact) mass is 281 g/mol. The fourth-order valence-electron chi connectivity index (χ4n) is 2.65. The number of nitrogens with zero attached hydrogens (tertiary/aromatic N) is 1. The summed E-state index contributed by atoms with van der Waals surface area (Å²) in [6.45, 7) is 1.04. The van der Waals surface area contributed by atoms with E-state index in [4.69, 9.17) is 5.11 Å². The average molecular weight is 281 g/mol. The van der Waals surface area contributed by atoms with E-state index in [1.54, 1.807) is 12.1 Å². The second kappa shape index (κ2) is 6.00. The first kappa shape index (κ1) is 14.5. The molecule has 1 aromatic rings. The Bertz CT molecular complexity index is 520. The van der Waals surface area contributed by atoms with Gasteiger partial charge in [0.15, 0.2) is 0 Å². The summed E-state index contributed by atoms with van der Waals surface area (Å²) in [6.07, 6.45) is -0.0256. The molecule has 20 heavy (non-hydrogen) atoms. The molecule has 0 unspecified atom stereocenters. The van der Waals surface area contributed by atoms with E-state index in [0.717, 1.165) is 0 Å². The summed E-state index contributed by atoms with van der Waals surface area (Å²) in [4.78, 5) is 23.7. The molecule has 0 aromatic heterocycles. The zero-order valence-electron chi connectivity index (χ0n) is 10.8. The molecule has 6 heteroatoms. The highest BCUT2D eigenvalue weighted by atomic mass is 19.1. The number of carboxylic acid groups (broad SMARTS) is 2. The van der Waals surface area contributed by atoms with Gasteiger partial charge in [-0.05, 0) is 17.7 Å². The van der Waals surface area contributed by atoms with Crippen LogP contribution in [0.3, 0.4) is 0 Å². The van der Waals surface area contributed by atoms with Gasteiger partial charge < -0.3 is 15.1 Å². The lowest BCUT2D eigenvalue weighted by Gasteiger charge is -2.15. The van der Waals surface area contributed by atoms with E-state index in [0.29, 0.717) is 25.2 Å². The van der Waals surface area contributed by atoms with Crippen LogP contribution in [0.1, 0.15) is 17.9 Å². The number of hydrogen-bond acceptors (Lipinski definition) is 3. The highest BCUT2D eigenvalue weighted by molar-refractivity contribution is 5.72. The molecule has 1 fully saturated rings. The predicted octanol–water partition coefficient (Wildman–Crippen LogP) is 1.40. The molecule has 1 heterocycles. The number of rotatable bonds is 5. The number of carbonyl (C=O) groups is 2. The largest absolute Gasteiger partial charge is 0.481 e. The van der Waals surface area contributed by atoms with Gasteiger partial charge >= 0.3 is 11.9 Å². The Morgan fingerprint density at radius 1 is 1.30 bits per heavy atom. The lowest BCUT2D eigenvalue weighted by molar-refractivity contribution is -0.141. The summed E-state index contributed by atoms with van der Waals surface area (Å²) in [7, 11) is 0. The lowest BCUT2D eigenvalue weighted by Crippen LogP contribution is -2.25. The van der Waals surface area contributed by atoms with E-state index in [1.807, 2.05) is 4.90 Å². The van der Waals surface area contributed by atoms with Crippen molar-refractivity contribution in [3.05, 3.63) is 35.6 Å². The highest BCUT2D eigenvalue weighted by Crippen LogP contribution is 2.33. The maximum atomic E-state index is 13.3. The van der Waals surface area contributed by atoms with E-state index in [-0.39, 0.29) is 12.3 Å². The van der Waals surface area contributed by atoms with E-state index < -0.39 is 23.7 Å². The van der Waals surface area contributed by atoms with Crippen molar-refractivity contribution >= 4 is 11.9 Å². The van der Waals surface area contributed by atoms with Crippen molar-refractivity contribution in [1.82, 2.24) is 4.90 Å². The van der Waals surface area contributed by atoms with Crippen molar-refractivity contribution in [2.24, 2.45) is 5.92 Å². The molecule has 0 bridgehead atoms. The predicted molar refractivity (Wildman–Crippen MR) is 69.0 cm³/mol. The Hall–Kier alpha value is -1.95. The second-order valence-electron chi connectivity index (χ2n) is 5.01. The smallest absolute Gasteiger partial charge is 0.308 e. The highest BCUT2D eigenvalue weighted by Gasteiger charge is 2.38. The topological polar surface area (TPSA) is 77.8 Å². The maximum absolute atomic E-state index is 13.3. The number of halogens is 1. The molecule has 2 N–H and O–H groups in total. The van der Waals surface area contributed by atoms with E-state index in [1.165, 1.54) is 12.1 Å². The molecule has 1 aliphatic rings. The molecule has 0 aliphatic carbocycles. The minimum Gasteiger partial charge on any atom is -0.481 e. The molecule has 5 nitrogen and oxygen atoms in total. The molecule has 108 valence electrons. The van der Waals surface area contributed by atoms with Gasteiger partial charge in [-0.1, -0.05) is 12.1 Å². The van der Waals surface area contributed by atoms with Crippen LogP contribution in [0.2, 0.25) is 0 Å². The van der Waals surface area contributed by atoms with Crippen molar-refractivity contribution in [1.29, 1.82) is 0 Å². The molecule has 0 saturated carbocycles. The number of aliphatic carboxylic acids is 2. The summed E-state index contributed by atoms with van der Waals surface area (Å²) in [5.41, 5.74) is 0.648. The van der Waals surface area contributed by atoms with Crippen LogP contribution in [0, 0.1) is 11.7 Å². The first-order valence-electron chi connectivity index (χ1n) is 6.40. The average Bonchev–Trinajstić information content (AvgIpc) is 2.80. The van der Waals surface area contributed by atoms with Crippen molar-refractivity contribution in [2.45, 2.75) is 12.3 Å². The molecule has 0 radical (unpaired) electrons. The fourth-order valence-corrected chi connectivity index (χ4v) is 2.65. The van der Waals surface area contributed by atoms with Gasteiger partial charge in [0.2, 0.25) is 0 Å². The summed E-state index contributed by atoms with van der Waals surface area (Å²) >= 11 is 0. The van der Waals surface area contributed by atoms with Gasteiger partial charge in [-0.15, -0.1) is 0 Å². The van der Waals surface area contributed by atoms with Crippen LogP contribution >= 0.6 is 0 Å². The lowest BCUT2D eigenvalue weighted by atomic mass is 9.89. The first-order valence-corrected chi connectivity index (χ1v) is 6.40. The number of hydrogen-bond donors (Lipinski definition) is 2. The molecule has 2 atom stereocenters. The fraction of sp³-hybridized carbons (Fsp3) is 0.429. The minimum absolute atomic E-state index is 0.0256. The van der Waals surface area contributed by atoms with Crippen LogP contribution in [0.4, 0.5) is 4.39 Å². The Kier molecular flexibility index (Phi) is 4.34. The van der Waals surface area contributed by atoms with Gasteiger partial charge in [0.05, 0.1) is 12.3 Å². The third-order valence-corrected chi connectivity index (χ3v) is 3.63. The first-order chi connectivity index (χ1) is 9.47. The van der Waals surface area contributed by atoms with Gasteiger partial charge in [-0.2, -0.15) is 0 Å². The van der Waals surface area contributed by atoms with Crippen molar-refractivity contribution in [3.63, 3.8) is 0 Å². The molecule has 1 saturated heterocycles. The van der Waals surface area contributed by atoms with Crippen LogP contribution in [-0.4, -0.2) is 46.7 Å². The third kappa shape index (κ3) is 3.33. The van der Waals surface area contributed by atoms with Crippen LogP contribution in [0.5, 0.6) is 0 Å². The third-order valence-electron chi connectivity index (χ3n) is 3.63. The van der Waals surface area contributed by atoms with Crippen molar-refractivity contribution in [3.8, 4) is 0 Å². The minimum atomic E-state index is -0.933. The Morgan fingerprint density at radius 2 is 2.05 bits per heavy atom. The standard InChI is InChI=1S/C14H16FNO4/c15-10-3-1-2-9(6-10)11-7-16(5-4-13(17)18)8-12(11)14(19)20/h1-3,6,11-12H,4-5,7-8H2,(H,17,18)(H,19,20)/t11-,12+/m0/s1. The Morgan fingerprint density at radius 3 is 2.65 bits per heavy atom. The summed E-state index contributed by atoms with van der Waals surface area (Å²) in [6, 6.07) is 5.94. The SMILES string of the molecule is O=C(O)CCN1C[C@@H](C(=O)O)[C@H](c2cccc(F)c2)C1. The zero-order valence-corrected chi connectivity index (χ0v) is 10.8. The zero-order chi connectivity index (χ0) is 14.7. The van der Waals surface area contributed by atoms with Gasteiger partial charge in [0.25, 0.3) is 0 Å². The summed E-state index contributed by atoms with van der Waals surface area (Å²) < 4.78 is 13.3. The van der Waals surface area contributed by atoms with Crippen molar-refractivity contribution in [2.75, 3.05) is 19.6 Å². The number of benzene rings is 1. The number of carboxylic acids is 2. The molecule has 0 spiro atoms. The molecular weight excluding hydrogens is 265 g/mol. The maximum Gasteiger partial charge on any atom is 0.308 e. The van der Waals surface area contributed by atoms with Gasteiger partial charge in [0, 0.05) is 25.6 Å². The van der Waals surface area contributed by atoms with Crippen LogP contribution in [-0.2, 0) is 9.59 Å². The number of likely N-dealkylation sites (tertiary alicyclic amines) is 1.